The molecular formula is C17H21BrF3NO3. The Morgan fingerprint density at radius 3 is 2.32 bits per heavy atom. The molecule has 1 saturated heterocycles. The molecule has 0 aromatic heterocycles. The van der Waals surface area contributed by atoms with Crippen molar-refractivity contribution in [1.29, 1.82) is 0 Å². The van der Waals surface area contributed by atoms with E-state index in [9.17, 15) is 18.0 Å². The van der Waals surface area contributed by atoms with Crippen molar-refractivity contribution >= 4 is 22.0 Å². The first-order valence-corrected chi connectivity index (χ1v) is 8.77. The van der Waals surface area contributed by atoms with Gasteiger partial charge in [-0.2, -0.15) is 13.2 Å². The topological polar surface area (TPSA) is 38.8 Å². The third-order valence-electron chi connectivity index (χ3n) is 3.66. The van der Waals surface area contributed by atoms with Gasteiger partial charge in [-0.05, 0) is 48.8 Å². The summed E-state index contributed by atoms with van der Waals surface area (Å²) in [5, 5.41) is 0. The van der Waals surface area contributed by atoms with Crippen LogP contribution >= 0.6 is 15.9 Å². The Morgan fingerprint density at radius 1 is 1.20 bits per heavy atom. The van der Waals surface area contributed by atoms with Gasteiger partial charge in [0.2, 0.25) is 0 Å². The molecule has 1 aliphatic rings. The summed E-state index contributed by atoms with van der Waals surface area (Å²) >= 11 is 2.98. The van der Waals surface area contributed by atoms with E-state index >= 15 is 0 Å². The molecular weight excluding hydrogens is 403 g/mol. The molecule has 0 N–H and O–H groups in total. The lowest BCUT2D eigenvalue weighted by Crippen LogP contribution is -2.44. The number of rotatable bonds is 2. The number of nitrogens with zero attached hydrogens (tertiary/aromatic N) is 1. The summed E-state index contributed by atoms with van der Waals surface area (Å²) in [4.78, 5) is 13.6. The number of amides is 1. The Hall–Kier alpha value is -1.44. The lowest BCUT2D eigenvalue weighted by atomic mass is 10.1. The first-order chi connectivity index (χ1) is 11.5. The van der Waals surface area contributed by atoms with Crippen LogP contribution in [0.25, 0.3) is 0 Å². The van der Waals surface area contributed by atoms with Gasteiger partial charge >= 0.3 is 12.3 Å². The third kappa shape index (κ3) is 5.52. The monoisotopic (exact) mass is 423 g/mol. The minimum absolute atomic E-state index is 0.0999. The summed E-state index contributed by atoms with van der Waals surface area (Å²) in [6.45, 7) is 6.27. The number of benzene rings is 1. The molecule has 2 rings (SSSR count). The van der Waals surface area contributed by atoms with E-state index in [4.69, 9.17) is 9.47 Å². The molecule has 0 bridgehead atoms. The number of ether oxygens (including phenoxy) is 2. The highest BCUT2D eigenvalue weighted by atomic mass is 79.9. The van der Waals surface area contributed by atoms with Crippen molar-refractivity contribution in [2.75, 3.05) is 13.1 Å². The highest BCUT2D eigenvalue weighted by Gasteiger charge is 2.34. The van der Waals surface area contributed by atoms with Crippen LogP contribution in [0.3, 0.4) is 0 Å². The molecule has 1 heterocycles. The Bertz CT molecular complexity index is 621. The smallest absolute Gasteiger partial charge is 0.417 e. The van der Waals surface area contributed by atoms with Gasteiger partial charge < -0.3 is 14.4 Å². The second-order valence-corrected chi connectivity index (χ2v) is 7.69. The van der Waals surface area contributed by atoms with Gasteiger partial charge in [0.1, 0.15) is 17.5 Å². The van der Waals surface area contributed by atoms with E-state index in [1.54, 1.807) is 25.7 Å². The Balaban J connectivity index is 1.96. The molecule has 1 aromatic carbocycles. The lowest BCUT2D eigenvalue weighted by Gasteiger charge is -2.33. The third-order valence-corrected chi connectivity index (χ3v) is 4.47. The number of halogens is 4. The highest BCUT2D eigenvalue weighted by molar-refractivity contribution is 9.10. The number of hydrogen-bond donors (Lipinski definition) is 0. The van der Waals surface area contributed by atoms with Gasteiger partial charge in [-0.25, -0.2) is 4.79 Å². The molecule has 140 valence electrons. The van der Waals surface area contributed by atoms with Crippen LogP contribution in [-0.4, -0.2) is 35.8 Å². The van der Waals surface area contributed by atoms with Crippen molar-refractivity contribution in [2.24, 2.45) is 0 Å². The molecule has 8 heteroatoms. The number of carbonyl (C=O) groups excluding carboxylic acids is 1. The van der Waals surface area contributed by atoms with E-state index in [-0.39, 0.29) is 22.4 Å². The van der Waals surface area contributed by atoms with E-state index in [2.05, 4.69) is 15.9 Å². The first kappa shape index (κ1) is 19.9. The quantitative estimate of drug-likeness (QED) is 0.652. The number of hydrogen-bond acceptors (Lipinski definition) is 3. The van der Waals surface area contributed by atoms with Crippen LogP contribution in [0.15, 0.2) is 22.7 Å². The highest BCUT2D eigenvalue weighted by Crippen LogP contribution is 2.40. The molecule has 1 aliphatic heterocycles. The predicted molar refractivity (Wildman–Crippen MR) is 90.6 cm³/mol. The normalized spacial score (nSPS) is 16.7. The number of piperidine rings is 1. The fourth-order valence-electron chi connectivity index (χ4n) is 2.48. The maximum absolute atomic E-state index is 12.9. The molecule has 0 radical (unpaired) electrons. The molecule has 0 atom stereocenters. The van der Waals surface area contributed by atoms with Crippen LogP contribution in [0.1, 0.15) is 39.2 Å². The van der Waals surface area contributed by atoms with E-state index < -0.39 is 17.3 Å². The van der Waals surface area contributed by atoms with Crippen molar-refractivity contribution < 1.29 is 27.4 Å². The van der Waals surface area contributed by atoms with Crippen molar-refractivity contribution in [3.8, 4) is 5.75 Å². The predicted octanol–water partition coefficient (Wildman–Crippen LogP) is 5.25. The molecule has 0 saturated carbocycles. The maximum Gasteiger partial charge on any atom is 0.417 e. The summed E-state index contributed by atoms with van der Waals surface area (Å²) in [6.07, 6.45) is -4.02. The fourth-order valence-corrected chi connectivity index (χ4v) is 3.07. The fraction of sp³-hybridized carbons (Fsp3) is 0.588. The zero-order valence-electron chi connectivity index (χ0n) is 14.3. The SMILES string of the molecule is CC(C)(C)OC(=O)N1CCC(Oc2cccc(C(F)(F)F)c2Br)CC1. The zero-order valence-corrected chi connectivity index (χ0v) is 15.9. The van der Waals surface area contributed by atoms with Crippen molar-refractivity contribution in [1.82, 2.24) is 4.90 Å². The summed E-state index contributed by atoms with van der Waals surface area (Å²) in [5.74, 6) is 0.158. The minimum atomic E-state index is -4.45. The lowest BCUT2D eigenvalue weighted by molar-refractivity contribution is -0.138. The number of carbonyl (C=O) groups is 1. The van der Waals surface area contributed by atoms with Gasteiger partial charge in [0.25, 0.3) is 0 Å². The van der Waals surface area contributed by atoms with Gasteiger partial charge in [-0.3, -0.25) is 0 Å². The van der Waals surface area contributed by atoms with Crippen molar-refractivity contribution in [3.05, 3.63) is 28.2 Å². The molecule has 25 heavy (non-hydrogen) atoms. The minimum Gasteiger partial charge on any atom is -0.489 e. The van der Waals surface area contributed by atoms with Crippen molar-refractivity contribution in [2.45, 2.75) is 51.5 Å². The standard InChI is InChI=1S/C17H21BrF3NO3/c1-16(2,3)25-15(23)22-9-7-11(8-10-22)24-13-6-4-5-12(14(13)18)17(19,20)21/h4-6,11H,7-10H2,1-3H3. The average Bonchev–Trinajstić information content (AvgIpc) is 2.47. The molecule has 4 nitrogen and oxygen atoms in total. The molecule has 0 aliphatic carbocycles. The molecule has 0 spiro atoms. The van der Waals surface area contributed by atoms with E-state index in [1.807, 2.05) is 0 Å². The largest absolute Gasteiger partial charge is 0.489 e. The Kier molecular flexibility index (Phi) is 5.91. The van der Waals surface area contributed by atoms with Gasteiger partial charge in [-0.1, -0.05) is 6.07 Å². The number of alkyl halides is 3. The van der Waals surface area contributed by atoms with E-state index in [0.717, 1.165) is 6.07 Å². The second kappa shape index (κ2) is 7.43. The van der Waals surface area contributed by atoms with Gasteiger partial charge in [0.15, 0.2) is 0 Å². The van der Waals surface area contributed by atoms with E-state index in [0.29, 0.717) is 25.9 Å². The van der Waals surface area contributed by atoms with Crippen LogP contribution in [0.4, 0.5) is 18.0 Å². The molecule has 1 fully saturated rings. The maximum atomic E-state index is 12.9. The Labute approximate surface area is 153 Å². The summed E-state index contributed by atoms with van der Waals surface area (Å²) in [6, 6.07) is 3.82. The van der Waals surface area contributed by atoms with Crippen LogP contribution in [0.2, 0.25) is 0 Å². The molecule has 1 aromatic rings. The van der Waals surface area contributed by atoms with Crippen LogP contribution in [0, 0.1) is 0 Å². The summed E-state index contributed by atoms with van der Waals surface area (Å²) in [5.41, 5.74) is -1.33. The van der Waals surface area contributed by atoms with E-state index in [1.165, 1.54) is 12.1 Å². The van der Waals surface area contributed by atoms with Gasteiger partial charge in [0.05, 0.1) is 10.0 Å². The second-order valence-electron chi connectivity index (χ2n) is 6.90. The van der Waals surface area contributed by atoms with Crippen molar-refractivity contribution in [3.63, 3.8) is 0 Å². The first-order valence-electron chi connectivity index (χ1n) is 7.97. The summed E-state index contributed by atoms with van der Waals surface area (Å²) < 4.78 is 49.8. The number of likely N-dealkylation sites (tertiary alicyclic amines) is 1. The van der Waals surface area contributed by atoms with Gasteiger partial charge in [-0.15, -0.1) is 0 Å². The average molecular weight is 424 g/mol. The Morgan fingerprint density at radius 2 is 1.80 bits per heavy atom. The van der Waals surface area contributed by atoms with Crippen LogP contribution in [-0.2, 0) is 10.9 Å². The van der Waals surface area contributed by atoms with Crippen LogP contribution in [0.5, 0.6) is 5.75 Å². The zero-order chi connectivity index (χ0) is 18.8. The molecule has 1 amide bonds. The van der Waals surface area contributed by atoms with Gasteiger partial charge in [0, 0.05) is 25.9 Å². The van der Waals surface area contributed by atoms with Crippen LogP contribution < -0.4 is 4.74 Å². The summed E-state index contributed by atoms with van der Waals surface area (Å²) in [7, 11) is 0. The molecule has 0 unspecified atom stereocenters.